The van der Waals surface area contributed by atoms with Gasteiger partial charge in [-0.2, -0.15) is 0 Å². The molecule has 1 atom stereocenters. The number of imidazole rings is 1. The van der Waals surface area contributed by atoms with Crippen molar-refractivity contribution < 1.29 is 9.84 Å². The number of ether oxygens (including phenoxy) is 1. The Kier molecular flexibility index (Phi) is 5.63. The van der Waals surface area contributed by atoms with Gasteiger partial charge in [0.15, 0.2) is 0 Å². The molecule has 3 aromatic carbocycles. The standard InChI is InChI=1S/C25H26N2O2/c1-18-8-7-11-22(14-18)29-17-21(28)16-27-24-13-6-5-12-23(24)26-25(27)15-20-10-4-3-9-19(20)2/h3-14,21,28H,15-17H2,1-2H3. The zero-order valence-corrected chi connectivity index (χ0v) is 16.9. The van der Waals surface area contributed by atoms with Crippen molar-refractivity contribution >= 4 is 11.0 Å². The second-order valence-electron chi connectivity index (χ2n) is 7.51. The summed E-state index contributed by atoms with van der Waals surface area (Å²) in [6, 6.07) is 24.3. The number of hydrogen-bond acceptors (Lipinski definition) is 3. The normalized spacial score (nSPS) is 12.2. The second kappa shape index (κ2) is 8.50. The molecule has 1 heterocycles. The van der Waals surface area contributed by atoms with Crippen molar-refractivity contribution in [3.8, 4) is 5.75 Å². The highest BCUT2D eigenvalue weighted by Crippen LogP contribution is 2.21. The van der Waals surface area contributed by atoms with Gasteiger partial charge in [0.05, 0.1) is 17.6 Å². The minimum atomic E-state index is -0.635. The Morgan fingerprint density at radius 2 is 1.76 bits per heavy atom. The Labute approximate surface area is 171 Å². The summed E-state index contributed by atoms with van der Waals surface area (Å²) in [5.74, 6) is 1.73. The first kappa shape index (κ1) is 19.2. The number of aliphatic hydroxyl groups is 1. The quantitative estimate of drug-likeness (QED) is 0.501. The van der Waals surface area contributed by atoms with Crippen molar-refractivity contribution in [3.63, 3.8) is 0 Å². The Morgan fingerprint density at radius 3 is 2.59 bits per heavy atom. The average molecular weight is 386 g/mol. The van der Waals surface area contributed by atoms with Crippen molar-refractivity contribution in [2.45, 2.75) is 32.9 Å². The molecule has 148 valence electrons. The van der Waals surface area contributed by atoms with Gasteiger partial charge in [-0.25, -0.2) is 4.98 Å². The van der Waals surface area contributed by atoms with Gasteiger partial charge in [-0.3, -0.25) is 0 Å². The molecule has 29 heavy (non-hydrogen) atoms. The van der Waals surface area contributed by atoms with E-state index in [1.54, 1.807) is 0 Å². The highest BCUT2D eigenvalue weighted by atomic mass is 16.5. The third-order valence-electron chi connectivity index (χ3n) is 5.17. The molecular formula is C25H26N2O2. The molecule has 4 heteroatoms. The van der Waals surface area contributed by atoms with E-state index in [4.69, 9.17) is 9.72 Å². The van der Waals surface area contributed by atoms with Crippen LogP contribution < -0.4 is 4.74 Å². The molecule has 1 aromatic heterocycles. The van der Waals surface area contributed by atoms with E-state index in [1.807, 2.05) is 55.5 Å². The molecule has 0 spiro atoms. The van der Waals surface area contributed by atoms with Gasteiger partial charge in [-0.15, -0.1) is 0 Å². The maximum absolute atomic E-state index is 10.7. The summed E-state index contributed by atoms with van der Waals surface area (Å²) < 4.78 is 7.92. The average Bonchev–Trinajstić information content (AvgIpc) is 3.05. The van der Waals surface area contributed by atoms with E-state index in [0.717, 1.165) is 34.6 Å². The van der Waals surface area contributed by atoms with Crippen LogP contribution in [0.3, 0.4) is 0 Å². The molecule has 0 radical (unpaired) electrons. The largest absolute Gasteiger partial charge is 0.491 e. The predicted octanol–water partition coefficient (Wildman–Crippen LogP) is 4.68. The molecule has 4 aromatic rings. The third kappa shape index (κ3) is 4.49. The number of benzene rings is 3. The van der Waals surface area contributed by atoms with Crippen LogP contribution in [0, 0.1) is 13.8 Å². The molecule has 0 aliphatic carbocycles. The van der Waals surface area contributed by atoms with E-state index in [0.29, 0.717) is 6.54 Å². The van der Waals surface area contributed by atoms with Crippen LogP contribution in [0.25, 0.3) is 11.0 Å². The second-order valence-corrected chi connectivity index (χ2v) is 7.51. The van der Waals surface area contributed by atoms with Crippen molar-refractivity contribution in [2.24, 2.45) is 0 Å². The van der Waals surface area contributed by atoms with E-state index in [-0.39, 0.29) is 6.61 Å². The topological polar surface area (TPSA) is 47.3 Å². The smallest absolute Gasteiger partial charge is 0.119 e. The molecule has 4 rings (SSSR count). The SMILES string of the molecule is Cc1cccc(OCC(O)Cn2c(Cc3ccccc3C)nc3ccccc32)c1. The van der Waals surface area contributed by atoms with Crippen LogP contribution in [0.2, 0.25) is 0 Å². The number of fused-ring (bicyclic) bond motifs is 1. The van der Waals surface area contributed by atoms with Crippen LogP contribution in [0.4, 0.5) is 0 Å². The minimum Gasteiger partial charge on any atom is -0.491 e. The van der Waals surface area contributed by atoms with Crippen LogP contribution in [0.15, 0.2) is 72.8 Å². The fourth-order valence-corrected chi connectivity index (χ4v) is 3.60. The first-order valence-corrected chi connectivity index (χ1v) is 9.96. The summed E-state index contributed by atoms with van der Waals surface area (Å²) in [5.41, 5.74) is 5.61. The lowest BCUT2D eigenvalue weighted by molar-refractivity contribution is 0.0928. The number of para-hydroxylation sites is 2. The third-order valence-corrected chi connectivity index (χ3v) is 5.17. The lowest BCUT2D eigenvalue weighted by atomic mass is 10.1. The van der Waals surface area contributed by atoms with Crippen molar-refractivity contribution in [2.75, 3.05) is 6.61 Å². The Bertz CT molecular complexity index is 1120. The number of nitrogens with zero attached hydrogens (tertiary/aromatic N) is 2. The molecule has 0 saturated heterocycles. The number of rotatable bonds is 7. The molecule has 0 aliphatic rings. The molecule has 0 aliphatic heterocycles. The summed E-state index contributed by atoms with van der Waals surface area (Å²) in [6.07, 6.45) is 0.0936. The van der Waals surface area contributed by atoms with E-state index < -0.39 is 6.10 Å². The van der Waals surface area contributed by atoms with E-state index >= 15 is 0 Å². The molecule has 0 amide bonds. The zero-order chi connectivity index (χ0) is 20.2. The summed E-state index contributed by atoms with van der Waals surface area (Å²) in [6.45, 7) is 4.82. The van der Waals surface area contributed by atoms with E-state index in [9.17, 15) is 5.11 Å². The first-order chi connectivity index (χ1) is 14.1. The Hall–Kier alpha value is -3.11. The van der Waals surface area contributed by atoms with Gasteiger partial charge in [0.1, 0.15) is 24.3 Å². The van der Waals surface area contributed by atoms with Crippen molar-refractivity contribution in [3.05, 3.63) is 95.3 Å². The van der Waals surface area contributed by atoms with Gasteiger partial charge >= 0.3 is 0 Å². The minimum absolute atomic E-state index is 0.236. The number of aryl methyl sites for hydroxylation is 2. The lowest BCUT2D eigenvalue weighted by Gasteiger charge is -2.16. The monoisotopic (exact) mass is 386 g/mol. The van der Waals surface area contributed by atoms with Crippen molar-refractivity contribution in [1.29, 1.82) is 0 Å². The van der Waals surface area contributed by atoms with Gasteiger partial charge < -0.3 is 14.4 Å². The van der Waals surface area contributed by atoms with Crippen LogP contribution in [-0.2, 0) is 13.0 Å². The van der Waals surface area contributed by atoms with Crippen LogP contribution >= 0.6 is 0 Å². The predicted molar refractivity (Wildman–Crippen MR) is 116 cm³/mol. The first-order valence-electron chi connectivity index (χ1n) is 9.96. The summed E-state index contributed by atoms with van der Waals surface area (Å²) in [4.78, 5) is 4.84. The van der Waals surface area contributed by atoms with E-state index in [2.05, 4.69) is 35.8 Å². The zero-order valence-electron chi connectivity index (χ0n) is 16.9. The van der Waals surface area contributed by atoms with Gasteiger partial charge in [-0.1, -0.05) is 48.5 Å². The number of aromatic nitrogens is 2. The summed E-state index contributed by atoms with van der Waals surface area (Å²) in [5, 5.41) is 10.7. The van der Waals surface area contributed by atoms with Gasteiger partial charge in [0, 0.05) is 6.42 Å². The van der Waals surface area contributed by atoms with Gasteiger partial charge in [0.25, 0.3) is 0 Å². The molecule has 1 N–H and O–H groups in total. The van der Waals surface area contributed by atoms with Crippen LogP contribution in [0.1, 0.15) is 22.5 Å². The van der Waals surface area contributed by atoms with Crippen LogP contribution in [0.5, 0.6) is 5.75 Å². The molecule has 1 unspecified atom stereocenters. The maximum Gasteiger partial charge on any atom is 0.119 e. The van der Waals surface area contributed by atoms with Crippen LogP contribution in [-0.4, -0.2) is 27.4 Å². The van der Waals surface area contributed by atoms with Crippen molar-refractivity contribution in [1.82, 2.24) is 9.55 Å². The molecule has 4 nitrogen and oxygen atoms in total. The fraction of sp³-hybridized carbons (Fsp3) is 0.240. The number of aliphatic hydroxyl groups excluding tert-OH is 1. The highest BCUT2D eigenvalue weighted by Gasteiger charge is 2.16. The number of hydrogen-bond donors (Lipinski definition) is 1. The lowest BCUT2D eigenvalue weighted by Crippen LogP contribution is -2.24. The van der Waals surface area contributed by atoms with E-state index in [1.165, 1.54) is 11.1 Å². The fourth-order valence-electron chi connectivity index (χ4n) is 3.60. The maximum atomic E-state index is 10.7. The molecule has 0 saturated carbocycles. The summed E-state index contributed by atoms with van der Waals surface area (Å²) >= 11 is 0. The molecule has 0 bridgehead atoms. The molecule has 0 fully saturated rings. The summed E-state index contributed by atoms with van der Waals surface area (Å²) in [7, 11) is 0. The van der Waals surface area contributed by atoms with Gasteiger partial charge in [0.2, 0.25) is 0 Å². The highest BCUT2D eigenvalue weighted by molar-refractivity contribution is 5.76. The Balaban J connectivity index is 1.56. The molecular weight excluding hydrogens is 360 g/mol. The van der Waals surface area contributed by atoms with Gasteiger partial charge in [-0.05, 0) is 54.8 Å². The Morgan fingerprint density at radius 1 is 0.966 bits per heavy atom.